The van der Waals surface area contributed by atoms with Crippen LogP contribution in [0.5, 0.6) is 0 Å². The van der Waals surface area contributed by atoms with Gasteiger partial charge in [0.05, 0.1) is 16.3 Å². The number of benzene rings is 2. The van der Waals surface area contributed by atoms with E-state index in [0.717, 1.165) is 6.07 Å². The number of hydrogen-bond donors (Lipinski definition) is 2. The van der Waals surface area contributed by atoms with Crippen LogP contribution in [0.2, 0.25) is 5.02 Å². The van der Waals surface area contributed by atoms with Crippen molar-refractivity contribution in [3.63, 3.8) is 0 Å². The Kier molecular flexibility index (Phi) is 5.63. The minimum atomic E-state index is -0.603. The van der Waals surface area contributed by atoms with Gasteiger partial charge in [-0.05, 0) is 42.5 Å². The summed E-state index contributed by atoms with van der Waals surface area (Å²) in [5.41, 5.74) is 0.917. The van der Waals surface area contributed by atoms with Crippen molar-refractivity contribution in [2.45, 2.75) is 0 Å². The molecule has 2 aromatic carbocycles. The third-order valence-electron chi connectivity index (χ3n) is 3.69. The molecule has 0 spiro atoms. The molecule has 0 aliphatic rings. The molecule has 138 valence electrons. The standard InChI is InChI=1S/C20H12ClFN4O2/c21-14-10-13(8-9-15(14)22)24-19(27)17-6-3-7-18(25-17)20(28)26-16-5-2-1-4-12(16)11-23/h1-10H,(H,24,27)(H,26,28). The van der Waals surface area contributed by atoms with Crippen molar-refractivity contribution < 1.29 is 14.0 Å². The number of nitriles is 1. The number of amides is 2. The molecule has 3 aromatic rings. The summed E-state index contributed by atoms with van der Waals surface area (Å²) in [6, 6.07) is 16.6. The van der Waals surface area contributed by atoms with E-state index >= 15 is 0 Å². The molecule has 0 saturated heterocycles. The fourth-order valence-electron chi connectivity index (χ4n) is 2.33. The number of nitrogens with zero attached hydrogens (tertiary/aromatic N) is 2. The van der Waals surface area contributed by atoms with Crippen molar-refractivity contribution in [2.75, 3.05) is 10.6 Å². The summed E-state index contributed by atoms with van der Waals surface area (Å²) in [7, 11) is 0. The quantitative estimate of drug-likeness (QED) is 0.691. The largest absolute Gasteiger partial charge is 0.321 e. The highest BCUT2D eigenvalue weighted by Crippen LogP contribution is 2.20. The number of aromatic nitrogens is 1. The first-order chi connectivity index (χ1) is 13.5. The van der Waals surface area contributed by atoms with Gasteiger partial charge in [0, 0.05) is 5.69 Å². The topological polar surface area (TPSA) is 94.9 Å². The minimum Gasteiger partial charge on any atom is -0.321 e. The second-order valence-corrected chi connectivity index (χ2v) is 6.01. The normalized spacial score (nSPS) is 10.0. The number of hydrogen-bond acceptors (Lipinski definition) is 4. The first-order valence-corrected chi connectivity index (χ1v) is 8.39. The summed E-state index contributed by atoms with van der Waals surface area (Å²) in [5.74, 6) is -1.76. The zero-order valence-electron chi connectivity index (χ0n) is 14.2. The molecule has 2 N–H and O–H groups in total. The van der Waals surface area contributed by atoms with Crippen LogP contribution in [-0.2, 0) is 0 Å². The maximum absolute atomic E-state index is 13.2. The van der Waals surface area contributed by atoms with E-state index in [4.69, 9.17) is 16.9 Å². The highest BCUT2D eigenvalue weighted by atomic mass is 35.5. The molecule has 0 bridgehead atoms. The Morgan fingerprint density at radius 3 is 2.32 bits per heavy atom. The van der Waals surface area contributed by atoms with E-state index < -0.39 is 17.6 Å². The molecule has 0 fully saturated rings. The summed E-state index contributed by atoms with van der Waals surface area (Å²) in [6.07, 6.45) is 0. The van der Waals surface area contributed by atoms with E-state index in [0.29, 0.717) is 11.3 Å². The molecule has 1 heterocycles. The average Bonchev–Trinajstić information content (AvgIpc) is 2.71. The lowest BCUT2D eigenvalue weighted by Gasteiger charge is -2.08. The van der Waals surface area contributed by atoms with E-state index in [-0.39, 0.29) is 22.1 Å². The van der Waals surface area contributed by atoms with Crippen LogP contribution in [-0.4, -0.2) is 16.8 Å². The monoisotopic (exact) mass is 394 g/mol. The van der Waals surface area contributed by atoms with Gasteiger partial charge in [0.25, 0.3) is 11.8 Å². The van der Waals surface area contributed by atoms with Crippen molar-refractivity contribution in [1.82, 2.24) is 4.98 Å². The van der Waals surface area contributed by atoms with Gasteiger partial charge in [0.15, 0.2) is 0 Å². The van der Waals surface area contributed by atoms with Crippen LogP contribution in [0, 0.1) is 17.1 Å². The van der Waals surface area contributed by atoms with Crippen LogP contribution in [0.3, 0.4) is 0 Å². The smallest absolute Gasteiger partial charge is 0.274 e. The summed E-state index contributed by atoms with van der Waals surface area (Å²) in [5, 5.41) is 14.1. The molecule has 0 saturated carbocycles. The van der Waals surface area contributed by atoms with Crippen LogP contribution in [0.15, 0.2) is 60.7 Å². The molecule has 0 unspecified atom stereocenters. The maximum atomic E-state index is 13.2. The third kappa shape index (κ3) is 4.31. The fourth-order valence-corrected chi connectivity index (χ4v) is 2.51. The Bertz CT molecular complexity index is 1110. The molecule has 0 atom stereocenters. The van der Waals surface area contributed by atoms with E-state index in [9.17, 15) is 14.0 Å². The lowest BCUT2D eigenvalue weighted by Crippen LogP contribution is -2.18. The molecule has 28 heavy (non-hydrogen) atoms. The van der Waals surface area contributed by atoms with E-state index in [1.165, 1.54) is 30.3 Å². The number of carbonyl (C=O) groups is 2. The Morgan fingerprint density at radius 1 is 0.964 bits per heavy atom. The van der Waals surface area contributed by atoms with Gasteiger partial charge in [-0.25, -0.2) is 9.37 Å². The van der Waals surface area contributed by atoms with Gasteiger partial charge in [-0.15, -0.1) is 0 Å². The van der Waals surface area contributed by atoms with Crippen molar-refractivity contribution in [3.05, 3.63) is 88.5 Å². The summed E-state index contributed by atoms with van der Waals surface area (Å²) >= 11 is 5.69. The molecule has 2 amide bonds. The number of halogens is 2. The second-order valence-electron chi connectivity index (χ2n) is 5.60. The lowest BCUT2D eigenvalue weighted by molar-refractivity contribution is 0.101. The summed E-state index contributed by atoms with van der Waals surface area (Å²) in [4.78, 5) is 28.8. The molecule has 8 heteroatoms. The Morgan fingerprint density at radius 2 is 1.64 bits per heavy atom. The molecule has 0 aliphatic heterocycles. The SMILES string of the molecule is N#Cc1ccccc1NC(=O)c1cccc(C(=O)Nc2ccc(F)c(Cl)c2)n1. The third-order valence-corrected chi connectivity index (χ3v) is 3.98. The van der Waals surface area contributed by atoms with E-state index in [1.54, 1.807) is 24.3 Å². The molecule has 6 nitrogen and oxygen atoms in total. The predicted molar refractivity (Wildman–Crippen MR) is 103 cm³/mol. The fraction of sp³-hybridized carbons (Fsp3) is 0. The van der Waals surface area contributed by atoms with E-state index in [1.807, 2.05) is 6.07 Å². The number of para-hydroxylation sites is 1. The van der Waals surface area contributed by atoms with E-state index in [2.05, 4.69) is 15.6 Å². The summed E-state index contributed by atoms with van der Waals surface area (Å²) in [6.45, 7) is 0. The van der Waals surface area contributed by atoms with Crippen molar-refractivity contribution >= 4 is 34.8 Å². The van der Waals surface area contributed by atoms with Gasteiger partial charge >= 0.3 is 0 Å². The zero-order valence-corrected chi connectivity index (χ0v) is 15.0. The lowest BCUT2D eigenvalue weighted by atomic mass is 10.2. The van der Waals surface area contributed by atoms with Gasteiger partial charge in [-0.2, -0.15) is 5.26 Å². The first kappa shape index (κ1) is 19.0. The van der Waals surface area contributed by atoms with Crippen molar-refractivity contribution in [1.29, 1.82) is 5.26 Å². The van der Waals surface area contributed by atoms with Crippen LogP contribution < -0.4 is 10.6 Å². The van der Waals surface area contributed by atoms with Gasteiger partial charge in [-0.3, -0.25) is 9.59 Å². The Hall–Kier alpha value is -3.76. The number of nitrogens with one attached hydrogen (secondary N) is 2. The molecular weight excluding hydrogens is 383 g/mol. The summed E-state index contributed by atoms with van der Waals surface area (Å²) < 4.78 is 13.2. The number of anilines is 2. The molecule has 3 rings (SSSR count). The van der Waals surface area contributed by atoms with Crippen LogP contribution in [0.25, 0.3) is 0 Å². The number of carbonyl (C=O) groups excluding carboxylic acids is 2. The van der Waals surface area contributed by atoms with Crippen molar-refractivity contribution in [3.8, 4) is 6.07 Å². The molecule has 1 aromatic heterocycles. The number of rotatable bonds is 4. The predicted octanol–water partition coefficient (Wildman–Crippen LogP) is 4.25. The van der Waals surface area contributed by atoms with Gasteiger partial charge in [0.1, 0.15) is 23.3 Å². The van der Waals surface area contributed by atoms with Gasteiger partial charge in [-0.1, -0.05) is 29.8 Å². The molecule has 0 aliphatic carbocycles. The van der Waals surface area contributed by atoms with Crippen LogP contribution in [0.1, 0.15) is 26.5 Å². The van der Waals surface area contributed by atoms with Gasteiger partial charge in [0.2, 0.25) is 0 Å². The minimum absolute atomic E-state index is 0.00229. The average molecular weight is 395 g/mol. The van der Waals surface area contributed by atoms with Crippen LogP contribution in [0.4, 0.5) is 15.8 Å². The van der Waals surface area contributed by atoms with Crippen molar-refractivity contribution in [2.24, 2.45) is 0 Å². The molecule has 0 radical (unpaired) electrons. The van der Waals surface area contributed by atoms with Gasteiger partial charge < -0.3 is 10.6 Å². The number of pyridine rings is 1. The Labute approximate surface area is 164 Å². The van der Waals surface area contributed by atoms with Crippen LogP contribution >= 0.6 is 11.6 Å². The zero-order chi connectivity index (χ0) is 20.1. The Balaban J connectivity index is 1.77. The maximum Gasteiger partial charge on any atom is 0.274 e. The highest BCUT2D eigenvalue weighted by Gasteiger charge is 2.14. The highest BCUT2D eigenvalue weighted by molar-refractivity contribution is 6.31. The first-order valence-electron chi connectivity index (χ1n) is 8.02. The molecular formula is C20H12ClFN4O2. The second kappa shape index (κ2) is 8.29.